The van der Waals surface area contributed by atoms with Crippen LogP contribution >= 0.6 is 0 Å². The van der Waals surface area contributed by atoms with E-state index in [1.54, 1.807) is 6.08 Å². The first-order chi connectivity index (χ1) is 37.6. The van der Waals surface area contributed by atoms with Gasteiger partial charge in [-0.05, 0) is 77.0 Å². The molecule has 1 aliphatic rings. The summed E-state index contributed by atoms with van der Waals surface area (Å²) in [4.78, 5) is 51.1. The van der Waals surface area contributed by atoms with Crippen LogP contribution in [-0.2, 0) is 42.9 Å². The number of aliphatic hydroxyl groups is 2. The number of esters is 3. The van der Waals surface area contributed by atoms with E-state index in [1.165, 1.54) is 70.6 Å². The number of aliphatic carboxylic acids is 1. The number of ether oxygens (including phenoxy) is 5. The van der Waals surface area contributed by atoms with Crippen LogP contribution in [0, 0.1) is 0 Å². The van der Waals surface area contributed by atoms with Crippen LogP contribution in [0.15, 0.2) is 97.2 Å². The Morgan fingerprint density at radius 3 is 1.31 bits per heavy atom. The topological polar surface area (TPSA) is 175 Å². The van der Waals surface area contributed by atoms with Gasteiger partial charge in [0.1, 0.15) is 18.8 Å². The Morgan fingerprint density at radius 1 is 0.455 bits per heavy atom. The standard InChI is InChI=1S/C65H106O12/c1-4-7-10-13-16-19-22-25-28-29-32-35-38-41-44-47-50-53-59(68)76-63-61(70)60(69)62(64(71)72)77-65(63)74-55-56(75-58(67)52-49-46-43-40-37-34-31-27-24-21-18-15-12-9-6-3)54-73-57(66)51-48-45-42-39-36-33-30-26-23-20-17-14-11-8-5-2/h7-8,10-11,16-17,19-20,25-26,28,30,36,39,45,48,56,60-63,65,69-70H,4-6,9,12-15,18,21-24,27,29,31-35,37-38,40-44,46-47,49-55H2,1-3H3,(H,71,72)/b10-7-,11-8-,19-16-,20-17-,28-25-,30-26-,39-36-,48-45-. The van der Waals surface area contributed by atoms with Gasteiger partial charge in [-0.15, -0.1) is 0 Å². The molecule has 0 amide bonds. The van der Waals surface area contributed by atoms with E-state index in [2.05, 4.69) is 99.8 Å². The molecule has 0 aromatic rings. The molecule has 438 valence electrons. The van der Waals surface area contributed by atoms with Crippen molar-refractivity contribution in [3.8, 4) is 0 Å². The Labute approximate surface area is 466 Å². The van der Waals surface area contributed by atoms with Gasteiger partial charge in [-0.25, -0.2) is 4.79 Å². The van der Waals surface area contributed by atoms with E-state index in [-0.39, 0.29) is 25.9 Å². The molecule has 6 unspecified atom stereocenters. The van der Waals surface area contributed by atoms with E-state index in [0.717, 1.165) is 109 Å². The van der Waals surface area contributed by atoms with Gasteiger partial charge < -0.3 is 39.0 Å². The Hall–Kier alpha value is -4.36. The van der Waals surface area contributed by atoms with Crippen molar-refractivity contribution < 1.29 is 58.2 Å². The molecule has 1 heterocycles. The minimum atomic E-state index is -1.92. The zero-order chi connectivity index (χ0) is 56.1. The summed E-state index contributed by atoms with van der Waals surface area (Å²) in [5.74, 6) is -3.29. The highest BCUT2D eigenvalue weighted by Gasteiger charge is 2.50. The first-order valence-electron chi connectivity index (χ1n) is 30.2. The van der Waals surface area contributed by atoms with Gasteiger partial charge >= 0.3 is 23.9 Å². The zero-order valence-electron chi connectivity index (χ0n) is 48.2. The van der Waals surface area contributed by atoms with Crippen LogP contribution in [-0.4, -0.2) is 89.2 Å². The summed E-state index contributed by atoms with van der Waals surface area (Å²) in [6.45, 7) is 5.68. The van der Waals surface area contributed by atoms with Gasteiger partial charge in [-0.3, -0.25) is 14.4 Å². The molecule has 0 spiro atoms. The van der Waals surface area contributed by atoms with Crippen molar-refractivity contribution in [1.82, 2.24) is 0 Å². The van der Waals surface area contributed by atoms with Gasteiger partial charge in [0.15, 0.2) is 24.6 Å². The van der Waals surface area contributed by atoms with E-state index in [4.69, 9.17) is 23.7 Å². The van der Waals surface area contributed by atoms with Crippen LogP contribution in [0.2, 0.25) is 0 Å². The number of carbonyl (C=O) groups is 4. The fourth-order valence-electron chi connectivity index (χ4n) is 8.63. The predicted octanol–water partition coefficient (Wildman–Crippen LogP) is 15.7. The van der Waals surface area contributed by atoms with Gasteiger partial charge in [0.05, 0.1) is 13.0 Å². The predicted molar refractivity (Wildman–Crippen MR) is 312 cm³/mol. The Balaban J connectivity index is 2.73. The van der Waals surface area contributed by atoms with Crippen LogP contribution in [0.5, 0.6) is 0 Å². The Bertz CT molecular complexity index is 1710. The van der Waals surface area contributed by atoms with Crippen LogP contribution in [0.3, 0.4) is 0 Å². The second kappa shape index (κ2) is 52.3. The average molecular weight is 1080 g/mol. The quantitative estimate of drug-likeness (QED) is 0.0228. The largest absolute Gasteiger partial charge is 0.479 e. The Morgan fingerprint density at radius 2 is 0.857 bits per heavy atom. The number of carbonyl (C=O) groups excluding carboxylic acids is 3. The average Bonchev–Trinajstić information content (AvgIpc) is 3.42. The molecule has 0 aliphatic carbocycles. The number of carboxylic acid groups (broad SMARTS) is 1. The number of carboxylic acids is 1. The highest BCUT2D eigenvalue weighted by molar-refractivity contribution is 5.74. The number of hydrogen-bond donors (Lipinski definition) is 3. The summed E-state index contributed by atoms with van der Waals surface area (Å²) in [6, 6.07) is 0. The van der Waals surface area contributed by atoms with Crippen LogP contribution in [0.25, 0.3) is 0 Å². The van der Waals surface area contributed by atoms with Crippen molar-refractivity contribution in [3.63, 3.8) is 0 Å². The molecule has 1 saturated heterocycles. The summed E-state index contributed by atoms with van der Waals surface area (Å²) in [5, 5.41) is 31.5. The second-order valence-corrected chi connectivity index (χ2v) is 20.2. The van der Waals surface area contributed by atoms with Crippen LogP contribution in [0.1, 0.15) is 239 Å². The molecule has 12 heteroatoms. The third kappa shape index (κ3) is 42.3. The van der Waals surface area contributed by atoms with E-state index in [9.17, 15) is 34.5 Å². The van der Waals surface area contributed by atoms with Crippen molar-refractivity contribution in [3.05, 3.63) is 97.2 Å². The maximum atomic E-state index is 13.2. The maximum absolute atomic E-state index is 13.2. The van der Waals surface area contributed by atoms with E-state index < -0.39 is 67.3 Å². The minimum absolute atomic E-state index is 0.0173. The SMILES string of the molecule is CC/C=C\C/C=C\C/C=C\C/C=C\C/C=C\CC(=O)OCC(COC1OC(C(=O)O)C(O)C(O)C1OC(=O)CCCCCCCCC/C=C\C/C=C\C/C=C\CC)OC(=O)CCCCCCCCCCCCCCCCC. The lowest BCUT2D eigenvalue weighted by Gasteiger charge is -2.40. The number of allylic oxidation sites excluding steroid dienone is 15. The molecule has 1 rings (SSSR count). The lowest BCUT2D eigenvalue weighted by atomic mass is 9.98. The van der Waals surface area contributed by atoms with E-state index in [0.29, 0.717) is 19.3 Å². The summed E-state index contributed by atoms with van der Waals surface area (Å²) in [7, 11) is 0. The molecule has 1 aliphatic heterocycles. The first kappa shape index (κ1) is 70.7. The van der Waals surface area contributed by atoms with Crippen molar-refractivity contribution in [1.29, 1.82) is 0 Å². The molecular formula is C65H106O12. The molecule has 0 aromatic heterocycles. The molecule has 1 fully saturated rings. The number of unbranched alkanes of at least 4 members (excludes halogenated alkanes) is 21. The molecule has 77 heavy (non-hydrogen) atoms. The normalized spacial score (nSPS) is 18.7. The Kier molecular flexibility index (Phi) is 48.0. The summed E-state index contributed by atoms with van der Waals surface area (Å²) in [5.41, 5.74) is 0. The lowest BCUT2D eigenvalue weighted by Crippen LogP contribution is -2.61. The fraction of sp³-hybridized carbons (Fsp3) is 0.692. The highest BCUT2D eigenvalue weighted by atomic mass is 16.7. The van der Waals surface area contributed by atoms with Crippen LogP contribution in [0.4, 0.5) is 0 Å². The maximum Gasteiger partial charge on any atom is 0.335 e. The van der Waals surface area contributed by atoms with Gasteiger partial charge in [0, 0.05) is 12.8 Å². The molecular weight excluding hydrogens is 973 g/mol. The van der Waals surface area contributed by atoms with Gasteiger partial charge in [0.25, 0.3) is 0 Å². The number of aliphatic hydroxyl groups excluding tert-OH is 2. The van der Waals surface area contributed by atoms with E-state index in [1.807, 2.05) is 12.2 Å². The second-order valence-electron chi connectivity index (χ2n) is 20.2. The molecule has 0 bridgehead atoms. The molecule has 3 N–H and O–H groups in total. The lowest BCUT2D eigenvalue weighted by molar-refractivity contribution is -0.301. The van der Waals surface area contributed by atoms with Gasteiger partial charge in [-0.1, -0.05) is 240 Å². The fourth-order valence-corrected chi connectivity index (χ4v) is 8.63. The zero-order valence-corrected chi connectivity index (χ0v) is 48.2. The van der Waals surface area contributed by atoms with E-state index >= 15 is 0 Å². The highest BCUT2D eigenvalue weighted by Crippen LogP contribution is 2.26. The monoisotopic (exact) mass is 1080 g/mol. The van der Waals surface area contributed by atoms with Crippen molar-refractivity contribution in [2.75, 3.05) is 13.2 Å². The molecule has 0 radical (unpaired) electrons. The minimum Gasteiger partial charge on any atom is -0.479 e. The summed E-state index contributed by atoms with van der Waals surface area (Å²) < 4.78 is 28.3. The molecule has 12 nitrogen and oxygen atoms in total. The van der Waals surface area contributed by atoms with Crippen LogP contribution < -0.4 is 0 Å². The van der Waals surface area contributed by atoms with Crippen molar-refractivity contribution in [2.45, 2.75) is 276 Å². The number of hydrogen-bond acceptors (Lipinski definition) is 11. The first-order valence-corrected chi connectivity index (χ1v) is 30.2. The van der Waals surface area contributed by atoms with Gasteiger partial charge in [0.2, 0.25) is 0 Å². The number of rotatable bonds is 50. The smallest absolute Gasteiger partial charge is 0.335 e. The summed E-state index contributed by atoms with van der Waals surface area (Å²) in [6.07, 6.45) is 56.8. The summed E-state index contributed by atoms with van der Waals surface area (Å²) >= 11 is 0. The molecule has 0 saturated carbocycles. The third-order valence-electron chi connectivity index (χ3n) is 13.2. The van der Waals surface area contributed by atoms with Crippen molar-refractivity contribution in [2.24, 2.45) is 0 Å². The molecule has 0 aromatic carbocycles. The van der Waals surface area contributed by atoms with Crippen molar-refractivity contribution >= 4 is 23.9 Å². The molecule has 6 atom stereocenters. The van der Waals surface area contributed by atoms with Gasteiger partial charge in [-0.2, -0.15) is 0 Å². The third-order valence-corrected chi connectivity index (χ3v) is 13.2.